The quantitative estimate of drug-likeness (QED) is 0.802. The SMILES string of the molecule is Cc1c(CCC(=O)N2CC[C@](O)(CN3CCN(C)CC3)C2)cnn1C. The summed E-state index contributed by atoms with van der Waals surface area (Å²) < 4.78 is 1.84. The molecule has 3 rings (SSSR count). The Morgan fingerprint density at radius 1 is 1.24 bits per heavy atom. The van der Waals surface area contributed by atoms with Gasteiger partial charge in [-0.3, -0.25) is 14.4 Å². The molecule has 1 N–H and O–H groups in total. The molecule has 0 bridgehead atoms. The molecular formula is C18H31N5O2. The lowest BCUT2D eigenvalue weighted by atomic mass is 10.0. The number of carbonyl (C=O) groups excluding carboxylic acids is 1. The molecular weight excluding hydrogens is 318 g/mol. The predicted molar refractivity (Wildman–Crippen MR) is 96.3 cm³/mol. The standard InChI is InChI=1S/C18H31N5O2/c1-15-16(12-19-21(15)3)4-5-17(24)23-7-6-18(25,14-23)13-22-10-8-20(2)9-11-22/h12,25H,4-11,13-14H2,1-3H3/t18-/m0/s1. The maximum atomic E-state index is 12.5. The van der Waals surface area contributed by atoms with Gasteiger partial charge in [0.2, 0.25) is 5.91 Å². The summed E-state index contributed by atoms with van der Waals surface area (Å²) in [6.07, 6.45) is 3.72. The van der Waals surface area contributed by atoms with Crippen molar-refractivity contribution >= 4 is 5.91 Å². The van der Waals surface area contributed by atoms with Gasteiger partial charge in [-0.05, 0) is 32.4 Å². The van der Waals surface area contributed by atoms with Crippen LogP contribution >= 0.6 is 0 Å². The highest BCUT2D eigenvalue weighted by molar-refractivity contribution is 5.77. The average Bonchev–Trinajstić information content (AvgIpc) is 3.12. The zero-order valence-electron chi connectivity index (χ0n) is 15.7. The highest BCUT2D eigenvalue weighted by atomic mass is 16.3. The van der Waals surface area contributed by atoms with Gasteiger partial charge in [-0.1, -0.05) is 0 Å². The molecule has 0 saturated carbocycles. The van der Waals surface area contributed by atoms with Gasteiger partial charge in [-0.15, -0.1) is 0 Å². The Morgan fingerprint density at radius 3 is 2.60 bits per heavy atom. The van der Waals surface area contributed by atoms with Gasteiger partial charge < -0.3 is 14.9 Å². The van der Waals surface area contributed by atoms with Crippen LogP contribution in [0.2, 0.25) is 0 Å². The summed E-state index contributed by atoms with van der Waals surface area (Å²) in [6, 6.07) is 0. The van der Waals surface area contributed by atoms with Crippen molar-refractivity contribution in [1.82, 2.24) is 24.5 Å². The minimum absolute atomic E-state index is 0.137. The number of aromatic nitrogens is 2. The third-order valence-electron chi connectivity index (χ3n) is 5.74. The second kappa shape index (κ2) is 7.43. The Hall–Kier alpha value is -1.44. The van der Waals surface area contributed by atoms with Crippen molar-refractivity contribution in [2.24, 2.45) is 7.05 Å². The Kier molecular flexibility index (Phi) is 5.46. The zero-order chi connectivity index (χ0) is 18.0. The highest BCUT2D eigenvalue weighted by Gasteiger charge is 2.39. The van der Waals surface area contributed by atoms with Gasteiger partial charge >= 0.3 is 0 Å². The largest absolute Gasteiger partial charge is 0.387 e. The number of hydrogen-bond donors (Lipinski definition) is 1. The molecule has 25 heavy (non-hydrogen) atoms. The first kappa shape index (κ1) is 18.4. The minimum atomic E-state index is -0.754. The van der Waals surface area contributed by atoms with Crippen LogP contribution in [0.25, 0.3) is 0 Å². The van der Waals surface area contributed by atoms with E-state index in [2.05, 4.69) is 21.9 Å². The van der Waals surface area contributed by atoms with E-state index in [-0.39, 0.29) is 5.91 Å². The van der Waals surface area contributed by atoms with Gasteiger partial charge in [0.25, 0.3) is 0 Å². The number of rotatable bonds is 5. The van der Waals surface area contributed by atoms with Crippen molar-refractivity contribution in [1.29, 1.82) is 0 Å². The predicted octanol–water partition coefficient (Wildman–Crippen LogP) is -0.128. The van der Waals surface area contributed by atoms with E-state index < -0.39 is 5.60 Å². The molecule has 0 aliphatic carbocycles. The monoisotopic (exact) mass is 349 g/mol. The van der Waals surface area contributed by atoms with Crippen LogP contribution in [0, 0.1) is 6.92 Å². The Morgan fingerprint density at radius 2 is 1.96 bits per heavy atom. The Balaban J connectivity index is 1.48. The van der Waals surface area contributed by atoms with Crippen LogP contribution in [0.3, 0.4) is 0 Å². The molecule has 2 aliphatic rings. The van der Waals surface area contributed by atoms with Crippen LogP contribution in [-0.4, -0.2) is 94.0 Å². The first-order valence-electron chi connectivity index (χ1n) is 9.25. The van der Waals surface area contributed by atoms with Crippen LogP contribution in [-0.2, 0) is 18.3 Å². The molecule has 0 aromatic carbocycles. The van der Waals surface area contributed by atoms with Gasteiger partial charge in [-0.25, -0.2) is 0 Å². The van der Waals surface area contributed by atoms with E-state index in [0.29, 0.717) is 38.9 Å². The van der Waals surface area contributed by atoms with Crippen LogP contribution in [0.1, 0.15) is 24.1 Å². The van der Waals surface area contributed by atoms with Crippen LogP contribution in [0.4, 0.5) is 0 Å². The lowest BCUT2D eigenvalue weighted by Gasteiger charge is -2.36. The van der Waals surface area contributed by atoms with Gasteiger partial charge in [-0.2, -0.15) is 5.10 Å². The molecule has 1 amide bonds. The van der Waals surface area contributed by atoms with Gasteiger partial charge in [0.15, 0.2) is 0 Å². The molecule has 1 aromatic heterocycles. The molecule has 2 saturated heterocycles. The summed E-state index contributed by atoms with van der Waals surface area (Å²) in [4.78, 5) is 19.0. The number of nitrogens with zero attached hydrogens (tertiary/aromatic N) is 5. The van der Waals surface area contributed by atoms with Gasteiger partial charge in [0, 0.05) is 58.4 Å². The molecule has 2 aliphatic heterocycles. The zero-order valence-corrected chi connectivity index (χ0v) is 15.7. The van der Waals surface area contributed by atoms with Gasteiger partial charge in [0.1, 0.15) is 0 Å². The smallest absolute Gasteiger partial charge is 0.223 e. The maximum Gasteiger partial charge on any atom is 0.223 e. The van der Waals surface area contributed by atoms with E-state index in [1.165, 1.54) is 0 Å². The van der Waals surface area contributed by atoms with E-state index in [1.807, 2.05) is 29.7 Å². The van der Waals surface area contributed by atoms with E-state index in [9.17, 15) is 9.90 Å². The number of carbonyl (C=O) groups is 1. The second-order valence-electron chi connectivity index (χ2n) is 7.75. The minimum Gasteiger partial charge on any atom is -0.387 e. The first-order chi connectivity index (χ1) is 11.9. The van der Waals surface area contributed by atoms with Crippen molar-refractivity contribution in [3.63, 3.8) is 0 Å². The summed E-state index contributed by atoms with van der Waals surface area (Å²) in [5.41, 5.74) is 1.49. The molecule has 2 fully saturated rings. The summed E-state index contributed by atoms with van der Waals surface area (Å²) in [6.45, 7) is 7.90. The third-order valence-corrected chi connectivity index (χ3v) is 5.74. The molecule has 0 radical (unpaired) electrons. The third kappa shape index (κ3) is 4.40. The second-order valence-corrected chi connectivity index (χ2v) is 7.75. The number of aliphatic hydroxyl groups is 1. The molecule has 0 spiro atoms. The lowest BCUT2D eigenvalue weighted by molar-refractivity contribution is -0.131. The number of hydrogen-bond acceptors (Lipinski definition) is 5. The highest BCUT2D eigenvalue weighted by Crippen LogP contribution is 2.24. The van der Waals surface area contributed by atoms with Crippen molar-refractivity contribution in [2.75, 3.05) is 52.9 Å². The molecule has 1 atom stereocenters. The number of aryl methyl sites for hydroxylation is 2. The molecule has 7 nitrogen and oxygen atoms in total. The van der Waals surface area contributed by atoms with E-state index in [0.717, 1.165) is 37.4 Å². The summed E-state index contributed by atoms with van der Waals surface area (Å²) in [7, 11) is 4.05. The molecule has 140 valence electrons. The fourth-order valence-electron chi connectivity index (χ4n) is 3.81. The molecule has 7 heteroatoms. The summed E-state index contributed by atoms with van der Waals surface area (Å²) >= 11 is 0. The average molecular weight is 349 g/mol. The number of β-amino-alcohol motifs (C(OH)–C–C–N with tert-alkyl or cyclic N) is 1. The Bertz CT molecular complexity index is 609. The number of likely N-dealkylation sites (tertiary alicyclic amines) is 1. The number of amides is 1. The fourth-order valence-corrected chi connectivity index (χ4v) is 3.81. The molecule has 3 heterocycles. The van der Waals surface area contributed by atoms with Crippen molar-refractivity contribution in [2.45, 2.75) is 31.8 Å². The molecule has 0 unspecified atom stereocenters. The van der Waals surface area contributed by atoms with E-state index in [4.69, 9.17) is 0 Å². The van der Waals surface area contributed by atoms with Crippen LogP contribution in [0.15, 0.2) is 6.20 Å². The number of likely N-dealkylation sites (N-methyl/N-ethyl adjacent to an activating group) is 1. The van der Waals surface area contributed by atoms with Crippen LogP contribution in [0.5, 0.6) is 0 Å². The molecule has 1 aromatic rings. The van der Waals surface area contributed by atoms with Gasteiger partial charge in [0.05, 0.1) is 18.3 Å². The fraction of sp³-hybridized carbons (Fsp3) is 0.778. The summed E-state index contributed by atoms with van der Waals surface area (Å²) in [5.74, 6) is 0.137. The number of piperazine rings is 1. The van der Waals surface area contributed by atoms with E-state index >= 15 is 0 Å². The summed E-state index contributed by atoms with van der Waals surface area (Å²) in [5, 5.41) is 15.1. The van der Waals surface area contributed by atoms with Crippen molar-refractivity contribution in [3.8, 4) is 0 Å². The Labute approximate surface area is 150 Å². The lowest BCUT2D eigenvalue weighted by Crippen LogP contribution is -2.52. The van der Waals surface area contributed by atoms with E-state index in [1.54, 1.807) is 0 Å². The first-order valence-corrected chi connectivity index (χ1v) is 9.25. The van der Waals surface area contributed by atoms with Crippen LogP contribution < -0.4 is 0 Å². The maximum absolute atomic E-state index is 12.5. The normalized spacial score (nSPS) is 25.7. The van der Waals surface area contributed by atoms with Crippen molar-refractivity contribution < 1.29 is 9.90 Å². The topological polar surface area (TPSA) is 64.8 Å². The van der Waals surface area contributed by atoms with Crippen molar-refractivity contribution in [3.05, 3.63) is 17.5 Å².